The number of carbonyl (C=O) groups is 3. The summed E-state index contributed by atoms with van der Waals surface area (Å²) in [6, 6.07) is 3.48. The molecular formula is C11H7NO5. The predicted molar refractivity (Wildman–Crippen MR) is 56.7 cm³/mol. The molecule has 86 valence electrons. The van der Waals surface area contributed by atoms with Gasteiger partial charge in [-0.3, -0.25) is 9.59 Å². The first kappa shape index (κ1) is 10.9. The number of aromatic carboxylic acids is 1. The average Bonchev–Trinajstić information content (AvgIpc) is 2.58. The molecule has 6 heteroatoms. The highest BCUT2D eigenvalue weighted by molar-refractivity contribution is 6.28. The van der Waals surface area contributed by atoms with Crippen LogP contribution in [0, 0.1) is 0 Å². The van der Waals surface area contributed by atoms with Crippen LogP contribution in [0.25, 0.3) is 0 Å². The highest BCUT2D eigenvalue weighted by Crippen LogP contribution is 2.26. The Labute approximate surface area is 95.4 Å². The van der Waals surface area contributed by atoms with Crippen molar-refractivity contribution >= 4 is 23.5 Å². The van der Waals surface area contributed by atoms with Gasteiger partial charge in [-0.15, -0.1) is 0 Å². The highest BCUT2D eigenvalue weighted by Gasteiger charge is 2.26. The van der Waals surface area contributed by atoms with E-state index in [1.807, 2.05) is 0 Å². The first-order chi connectivity index (χ1) is 8.00. The molecular weight excluding hydrogens is 226 g/mol. The first-order valence-corrected chi connectivity index (χ1v) is 4.63. The monoisotopic (exact) mass is 233 g/mol. The Morgan fingerprint density at radius 3 is 2.18 bits per heavy atom. The Bertz CT molecular complexity index is 543. The van der Waals surface area contributed by atoms with Gasteiger partial charge in [0.25, 0.3) is 11.8 Å². The minimum atomic E-state index is -1.29. The highest BCUT2D eigenvalue weighted by atomic mass is 16.4. The van der Waals surface area contributed by atoms with E-state index in [4.69, 9.17) is 5.11 Å². The Hall–Kier alpha value is -2.63. The summed E-state index contributed by atoms with van der Waals surface area (Å²) < 4.78 is 0. The molecule has 1 aromatic rings. The van der Waals surface area contributed by atoms with E-state index in [1.165, 1.54) is 6.07 Å². The number of nitrogens with zero attached hydrogens (tertiary/aromatic N) is 1. The van der Waals surface area contributed by atoms with Crippen molar-refractivity contribution in [3.8, 4) is 5.75 Å². The van der Waals surface area contributed by atoms with E-state index in [-0.39, 0.29) is 11.3 Å². The summed E-state index contributed by atoms with van der Waals surface area (Å²) in [5.41, 5.74) is -0.159. The molecule has 0 bridgehead atoms. The lowest BCUT2D eigenvalue weighted by Gasteiger charge is -2.14. The quantitative estimate of drug-likeness (QED) is 0.726. The number of carbonyl (C=O) groups excluding carboxylic acids is 2. The number of anilines is 1. The number of hydrogen-bond acceptors (Lipinski definition) is 4. The molecule has 1 aliphatic heterocycles. The fourth-order valence-electron chi connectivity index (χ4n) is 1.49. The molecule has 2 amide bonds. The summed E-state index contributed by atoms with van der Waals surface area (Å²) in [5, 5.41) is 18.2. The minimum Gasteiger partial charge on any atom is -0.507 e. The summed E-state index contributed by atoms with van der Waals surface area (Å²) in [7, 11) is 0. The number of aromatic hydroxyl groups is 1. The molecule has 0 saturated carbocycles. The second-order valence-corrected chi connectivity index (χ2v) is 3.35. The van der Waals surface area contributed by atoms with Crippen molar-refractivity contribution in [3.05, 3.63) is 35.9 Å². The van der Waals surface area contributed by atoms with Crippen LogP contribution in [-0.4, -0.2) is 28.0 Å². The maximum Gasteiger partial charge on any atom is 0.339 e. The van der Waals surface area contributed by atoms with Crippen molar-refractivity contribution in [2.45, 2.75) is 0 Å². The van der Waals surface area contributed by atoms with Gasteiger partial charge in [0.2, 0.25) is 0 Å². The zero-order valence-electron chi connectivity index (χ0n) is 8.45. The summed E-state index contributed by atoms with van der Waals surface area (Å²) in [4.78, 5) is 34.2. The number of amides is 2. The van der Waals surface area contributed by atoms with Crippen LogP contribution >= 0.6 is 0 Å². The van der Waals surface area contributed by atoms with Crippen LogP contribution in [0.3, 0.4) is 0 Å². The van der Waals surface area contributed by atoms with Crippen LogP contribution in [0.4, 0.5) is 5.69 Å². The molecule has 2 N–H and O–H groups in total. The van der Waals surface area contributed by atoms with E-state index in [0.717, 1.165) is 29.2 Å². The number of benzene rings is 1. The summed E-state index contributed by atoms with van der Waals surface area (Å²) >= 11 is 0. The minimum absolute atomic E-state index is 0.132. The molecule has 1 aliphatic rings. The second kappa shape index (κ2) is 3.75. The molecule has 0 aromatic heterocycles. The number of carboxylic acid groups (broad SMARTS) is 1. The lowest BCUT2D eigenvalue weighted by molar-refractivity contribution is -0.119. The van der Waals surface area contributed by atoms with Gasteiger partial charge in [-0.05, 0) is 12.1 Å². The zero-order chi connectivity index (χ0) is 12.6. The Kier molecular flexibility index (Phi) is 2.40. The van der Waals surface area contributed by atoms with Gasteiger partial charge in [0.15, 0.2) is 0 Å². The van der Waals surface area contributed by atoms with Crippen LogP contribution in [0.1, 0.15) is 10.4 Å². The molecule has 6 nitrogen and oxygen atoms in total. The fraction of sp³-hybridized carbons (Fsp3) is 0. The van der Waals surface area contributed by atoms with Gasteiger partial charge < -0.3 is 10.2 Å². The molecule has 0 unspecified atom stereocenters. The zero-order valence-corrected chi connectivity index (χ0v) is 8.45. The lowest BCUT2D eigenvalue weighted by atomic mass is 10.1. The second-order valence-electron chi connectivity index (χ2n) is 3.35. The topological polar surface area (TPSA) is 94.9 Å². The van der Waals surface area contributed by atoms with E-state index in [9.17, 15) is 19.5 Å². The molecule has 0 radical (unpaired) electrons. The van der Waals surface area contributed by atoms with Gasteiger partial charge in [-0.2, -0.15) is 0 Å². The molecule has 1 heterocycles. The van der Waals surface area contributed by atoms with Crippen molar-refractivity contribution in [1.82, 2.24) is 0 Å². The Morgan fingerprint density at radius 2 is 1.71 bits per heavy atom. The van der Waals surface area contributed by atoms with Crippen LogP contribution < -0.4 is 4.90 Å². The Morgan fingerprint density at radius 1 is 1.12 bits per heavy atom. The molecule has 0 spiro atoms. The van der Waals surface area contributed by atoms with Gasteiger partial charge in [0.05, 0.1) is 5.69 Å². The van der Waals surface area contributed by atoms with Crippen LogP contribution in [-0.2, 0) is 9.59 Å². The molecule has 0 fully saturated rings. The third-order valence-corrected chi connectivity index (χ3v) is 2.28. The third-order valence-electron chi connectivity index (χ3n) is 2.28. The van der Waals surface area contributed by atoms with Crippen molar-refractivity contribution in [2.75, 3.05) is 4.90 Å². The van der Waals surface area contributed by atoms with Gasteiger partial charge in [0, 0.05) is 18.2 Å². The number of carboxylic acids is 1. The summed E-state index contributed by atoms with van der Waals surface area (Å²) in [6.45, 7) is 0. The molecule has 0 aliphatic carbocycles. The molecule has 17 heavy (non-hydrogen) atoms. The molecule has 1 aromatic carbocycles. The smallest absolute Gasteiger partial charge is 0.339 e. The van der Waals surface area contributed by atoms with Gasteiger partial charge in [-0.1, -0.05) is 0 Å². The summed E-state index contributed by atoms with van der Waals surface area (Å²) in [5.74, 6) is -2.84. The lowest BCUT2D eigenvalue weighted by Crippen LogP contribution is -2.29. The van der Waals surface area contributed by atoms with E-state index in [1.54, 1.807) is 0 Å². The molecule has 0 saturated heterocycles. The standard InChI is InChI=1S/C11H7NO5/c13-8-5-6(1-2-7(8)11(16)17)12-9(14)3-4-10(12)15/h1-5,13H,(H,16,17). The summed E-state index contributed by atoms with van der Waals surface area (Å²) in [6.07, 6.45) is 2.20. The van der Waals surface area contributed by atoms with Crippen molar-refractivity contribution in [1.29, 1.82) is 0 Å². The van der Waals surface area contributed by atoms with E-state index >= 15 is 0 Å². The van der Waals surface area contributed by atoms with Crippen LogP contribution in [0.15, 0.2) is 30.4 Å². The maximum absolute atomic E-state index is 11.3. The van der Waals surface area contributed by atoms with E-state index < -0.39 is 23.5 Å². The molecule has 2 rings (SSSR count). The predicted octanol–water partition coefficient (Wildman–Crippen LogP) is 0.520. The normalized spacial score (nSPS) is 14.5. The van der Waals surface area contributed by atoms with Crippen molar-refractivity contribution < 1.29 is 24.6 Å². The maximum atomic E-state index is 11.3. The van der Waals surface area contributed by atoms with E-state index in [0.29, 0.717) is 0 Å². The van der Waals surface area contributed by atoms with Gasteiger partial charge in [0.1, 0.15) is 11.3 Å². The fourth-order valence-corrected chi connectivity index (χ4v) is 1.49. The van der Waals surface area contributed by atoms with Crippen LogP contribution in [0.5, 0.6) is 5.75 Å². The van der Waals surface area contributed by atoms with Gasteiger partial charge in [-0.25, -0.2) is 9.69 Å². The number of rotatable bonds is 2. The molecule has 0 atom stereocenters. The van der Waals surface area contributed by atoms with Crippen LogP contribution in [0.2, 0.25) is 0 Å². The first-order valence-electron chi connectivity index (χ1n) is 4.63. The SMILES string of the molecule is O=C(O)c1ccc(N2C(=O)C=CC2=O)cc1O. The number of phenols is 1. The Balaban J connectivity index is 2.42. The van der Waals surface area contributed by atoms with Crippen molar-refractivity contribution in [2.24, 2.45) is 0 Å². The third kappa shape index (κ3) is 1.76. The van der Waals surface area contributed by atoms with Crippen molar-refractivity contribution in [3.63, 3.8) is 0 Å². The number of imide groups is 1. The number of hydrogen-bond donors (Lipinski definition) is 2. The van der Waals surface area contributed by atoms with E-state index in [2.05, 4.69) is 0 Å². The largest absolute Gasteiger partial charge is 0.507 e. The average molecular weight is 233 g/mol. The van der Waals surface area contributed by atoms with Gasteiger partial charge >= 0.3 is 5.97 Å².